The molecule has 1 heterocycles. The van der Waals surface area contributed by atoms with Crippen LogP contribution in [0.25, 0.3) is 0 Å². The molecule has 2 rings (SSSR count). The third-order valence-corrected chi connectivity index (χ3v) is 4.49. The van der Waals surface area contributed by atoms with E-state index in [1.54, 1.807) is 13.2 Å². The lowest BCUT2D eigenvalue weighted by molar-refractivity contribution is -0.154. The molecular formula is C17H24FNO3. The summed E-state index contributed by atoms with van der Waals surface area (Å²) in [6.45, 7) is 4.06. The van der Waals surface area contributed by atoms with Crippen LogP contribution in [-0.4, -0.2) is 42.8 Å². The van der Waals surface area contributed by atoms with Crippen LogP contribution in [0.3, 0.4) is 0 Å². The zero-order chi connectivity index (χ0) is 16.2. The second kappa shape index (κ2) is 7.20. The quantitative estimate of drug-likeness (QED) is 0.878. The summed E-state index contributed by atoms with van der Waals surface area (Å²) in [6.07, 6.45) is 1.95. The molecule has 1 aromatic rings. The molecule has 1 aliphatic heterocycles. The number of halogens is 1. The summed E-state index contributed by atoms with van der Waals surface area (Å²) in [7, 11) is 1.58. The van der Waals surface area contributed by atoms with Crippen molar-refractivity contribution >= 4 is 5.97 Å². The van der Waals surface area contributed by atoms with Gasteiger partial charge < -0.3 is 9.84 Å². The lowest BCUT2D eigenvalue weighted by atomic mass is 9.77. The third kappa shape index (κ3) is 3.84. The minimum Gasteiger partial charge on any atom is -0.481 e. The number of rotatable bonds is 6. The second-order valence-electron chi connectivity index (χ2n) is 6.24. The van der Waals surface area contributed by atoms with Gasteiger partial charge in [-0.05, 0) is 38.8 Å². The molecule has 1 fully saturated rings. The maximum absolute atomic E-state index is 13.9. The number of hydrogen-bond acceptors (Lipinski definition) is 3. The van der Waals surface area contributed by atoms with Crippen LogP contribution >= 0.6 is 0 Å². The molecule has 122 valence electrons. The number of carbonyl (C=O) groups is 1. The molecule has 5 heteroatoms. The van der Waals surface area contributed by atoms with Crippen LogP contribution in [0.5, 0.6) is 0 Å². The molecule has 0 spiro atoms. The van der Waals surface area contributed by atoms with Gasteiger partial charge in [0.2, 0.25) is 0 Å². The van der Waals surface area contributed by atoms with Gasteiger partial charge >= 0.3 is 5.97 Å². The maximum atomic E-state index is 13.9. The van der Waals surface area contributed by atoms with Gasteiger partial charge in [-0.25, -0.2) is 4.39 Å². The van der Waals surface area contributed by atoms with Crippen molar-refractivity contribution in [2.45, 2.75) is 32.7 Å². The average molecular weight is 309 g/mol. The van der Waals surface area contributed by atoms with E-state index in [-0.39, 0.29) is 5.82 Å². The molecule has 0 saturated carbocycles. The van der Waals surface area contributed by atoms with E-state index in [2.05, 4.69) is 0 Å². The summed E-state index contributed by atoms with van der Waals surface area (Å²) in [5.74, 6) is -1.01. The van der Waals surface area contributed by atoms with E-state index in [1.807, 2.05) is 17.9 Å². The molecule has 1 aliphatic rings. The van der Waals surface area contributed by atoms with Gasteiger partial charge in [0.1, 0.15) is 5.82 Å². The number of aliphatic carboxylic acids is 1. The van der Waals surface area contributed by atoms with Crippen LogP contribution in [-0.2, 0) is 16.1 Å². The van der Waals surface area contributed by atoms with Gasteiger partial charge in [-0.15, -0.1) is 0 Å². The highest BCUT2D eigenvalue weighted by Gasteiger charge is 2.42. The number of carboxylic acid groups (broad SMARTS) is 1. The number of aryl methyl sites for hydroxylation is 1. The molecule has 22 heavy (non-hydrogen) atoms. The van der Waals surface area contributed by atoms with Gasteiger partial charge in [0.25, 0.3) is 0 Å². The first-order valence-electron chi connectivity index (χ1n) is 7.66. The van der Waals surface area contributed by atoms with Gasteiger partial charge in [0, 0.05) is 32.4 Å². The first kappa shape index (κ1) is 16.9. The van der Waals surface area contributed by atoms with Crippen molar-refractivity contribution in [3.05, 3.63) is 35.1 Å². The largest absolute Gasteiger partial charge is 0.481 e. The Morgan fingerprint density at radius 1 is 1.50 bits per heavy atom. The summed E-state index contributed by atoms with van der Waals surface area (Å²) in [5.41, 5.74) is 0.861. The maximum Gasteiger partial charge on any atom is 0.311 e. The Balaban J connectivity index is 2.12. The highest BCUT2D eigenvalue weighted by Crippen LogP contribution is 2.34. The fraction of sp³-hybridized carbons (Fsp3) is 0.588. The van der Waals surface area contributed by atoms with Crippen molar-refractivity contribution in [3.63, 3.8) is 0 Å². The molecule has 1 unspecified atom stereocenters. The van der Waals surface area contributed by atoms with Gasteiger partial charge in [-0.2, -0.15) is 0 Å². The van der Waals surface area contributed by atoms with Crippen LogP contribution in [0.15, 0.2) is 18.2 Å². The van der Waals surface area contributed by atoms with Gasteiger partial charge in [-0.1, -0.05) is 17.7 Å². The van der Waals surface area contributed by atoms with E-state index in [4.69, 9.17) is 4.74 Å². The first-order chi connectivity index (χ1) is 10.5. The molecule has 0 radical (unpaired) electrons. The monoisotopic (exact) mass is 309 g/mol. The lowest BCUT2D eigenvalue weighted by Crippen LogP contribution is -2.48. The molecule has 1 aromatic carbocycles. The summed E-state index contributed by atoms with van der Waals surface area (Å²) in [4.78, 5) is 13.8. The van der Waals surface area contributed by atoms with E-state index < -0.39 is 11.4 Å². The molecule has 0 amide bonds. The molecule has 0 aromatic heterocycles. The van der Waals surface area contributed by atoms with Crippen molar-refractivity contribution < 1.29 is 19.0 Å². The minimum absolute atomic E-state index is 0.228. The first-order valence-corrected chi connectivity index (χ1v) is 7.66. The Labute approximate surface area is 130 Å². The highest BCUT2D eigenvalue weighted by molar-refractivity contribution is 5.75. The molecule has 4 nitrogen and oxygen atoms in total. The minimum atomic E-state index is -0.783. The molecule has 0 bridgehead atoms. The normalized spacial score (nSPS) is 22.7. The molecule has 1 atom stereocenters. The van der Waals surface area contributed by atoms with Crippen molar-refractivity contribution in [2.24, 2.45) is 5.41 Å². The van der Waals surface area contributed by atoms with Crippen LogP contribution in [0.4, 0.5) is 4.39 Å². The number of ether oxygens (including phenoxy) is 1. The predicted molar refractivity (Wildman–Crippen MR) is 82.2 cm³/mol. The number of piperidine rings is 1. The third-order valence-electron chi connectivity index (χ3n) is 4.49. The van der Waals surface area contributed by atoms with E-state index in [0.717, 1.165) is 18.5 Å². The van der Waals surface area contributed by atoms with Crippen molar-refractivity contribution in [2.75, 3.05) is 26.8 Å². The molecule has 1 N–H and O–H groups in total. The Morgan fingerprint density at radius 3 is 2.95 bits per heavy atom. The number of carboxylic acids is 1. The second-order valence-corrected chi connectivity index (χ2v) is 6.24. The Morgan fingerprint density at radius 2 is 2.27 bits per heavy atom. The average Bonchev–Trinajstić information content (AvgIpc) is 2.49. The number of hydrogen-bond donors (Lipinski definition) is 1. The van der Waals surface area contributed by atoms with Crippen molar-refractivity contribution in [1.82, 2.24) is 4.90 Å². The van der Waals surface area contributed by atoms with Gasteiger partial charge in [-0.3, -0.25) is 9.69 Å². The van der Waals surface area contributed by atoms with Crippen molar-refractivity contribution in [3.8, 4) is 0 Å². The van der Waals surface area contributed by atoms with E-state index in [1.165, 1.54) is 6.07 Å². The smallest absolute Gasteiger partial charge is 0.311 e. The number of nitrogens with zero attached hydrogens (tertiary/aromatic N) is 1. The topological polar surface area (TPSA) is 49.8 Å². The SMILES string of the molecule is COCCC1(C(=O)O)CCCN(Cc2cc(C)ccc2F)C1. The van der Waals surface area contributed by atoms with Crippen molar-refractivity contribution in [1.29, 1.82) is 0 Å². The van der Waals surface area contributed by atoms with E-state index in [9.17, 15) is 14.3 Å². The fourth-order valence-corrected chi connectivity index (χ4v) is 3.21. The number of benzene rings is 1. The number of likely N-dealkylation sites (tertiary alicyclic amines) is 1. The standard InChI is InChI=1S/C17H24FNO3/c1-13-4-5-15(18)14(10-13)11-19-8-3-6-17(12-19,16(20)21)7-9-22-2/h4-5,10H,3,6-9,11-12H2,1-2H3,(H,20,21). The summed E-state index contributed by atoms with van der Waals surface area (Å²) < 4.78 is 19.0. The molecule has 0 aliphatic carbocycles. The zero-order valence-corrected chi connectivity index (χ0v) is 13.3. The number of methoxy groups -OCH3 is 1. The Hall–Kier alpha value is -1.46. The fourth-order valence-electron chi connectivity index (χ4n) is 3.21. The molecule has 1 saturated heterocycles. The summed E-state index contributed by atoms with van der Waals surface area (Å²) in [5, 5.41) is 9.64. The van der Waals surface area contributed by atoms with Crippen LogP contribution < -0.4 is 0 Å². The van der Waals surface area contributed by atoms with Gasteiger partial charge in [0.05, 0.1) is 5.41 Å². The van der Waals surface area contributed by atoms with Crippen LogP contribution in [0, 0.1) is 18.2 Å². The predicted octanol–water partition coefficient (Wildman–Crippen LogP) is 2.84. The lowest BCUT2D eigenvalue weighted by Gasteiger charge is -2.40. The summed E-state index contributed by atoms with van der Waals surface area (Å²) >= 11 is 0. The van der Waals surface area contributed by atoms with E-state index in [0.29, 0.717) is 38.1 Å². The zero-order valence-electron chi connectivity index (χ0n) is 13.3. The Bertz CT molecular complexity index is 535. The highest BCUT2D eigenvalue weighted by atomic mass is 19.1. The summed E-state index contributed by atoms with van der Waals surface area (Å²) in [6, 6.07) is 5.06. The van der Waals surface area contributed by atoms with Crippen LogP contribution in [0.2, 0.25) is 0 Å². The van der Waals surface area contributed by atoms with E-state index >= 15 is 0 Å². The Kier molecular flexibility index (Phi) is 5.53. The van der Waals surface area contributed by atoms with Gasteiger partial charge in [0.15, 0.2) is 0 Å². The molecular weight excluding hydrogens is 285 g/mol. The van der Waals surface area contributed by atoms with Crippen LogP contribution in [0.1, 0.15) is 30.4 Å².